The van der Waals surface area contributed by atoms with Crippen LogP contribution in [0.1, 0.15) is 5.56 Å². The van der Waals surface area contributed by atoms with Gasteiger partial charge < -0.3 is 5.73 Å². The van der Waals surface area contributed by atoms with Gasteiger partial charge in [-0.2, -0.15) is 0 Å². The van der Waals surface area contributed by atoms with Crippen molar-refractivity contribution in [1.82, 2.24) is 0 Å². The molecule has 0 heterocycles. The Morgan fingerprint density at radius 3 is 2.33 bits per heavy atom. The van der Waals surface area contributed by atoms with Crippen molar-refractivity contribution in [3.63, 3.8) is 0 Å². The zero-order chi connectivity index (χ0) is 13.1. The third kappa shape index (κ3) is 2.83. The molecular weight excluding hydrogens is 272 g/mol. The lowest BCUT2D eigenvalue weighted by Gasteiger charge is -2.11. The van der Waals surface area contributed by atoms with Crippen LogP contribution in [0, 0.1) is 5.82 Å². The zero-order valence-corrected chi connectivity index (χ0v) is 11.1. The van der Waals surface area contributed by atoms with Crippen LogP contribution in [0.2, 0.25) is 10.0 Å². The molecule has 0 aromatic heterocycles. The number of hydrogen-bond donors (Lipinski definition) is 1. The lowest BCUT2D eigenvalue weighted by molar-refractivity contribution is 0.629. The molecular formula is C14H12Cl2FN. The molecule has 2 aromatic rings. The van der Waals surface area contributed by atoms with Crippen molar-refractivity contribution >= 4 is 23.2 Å². The molecule has 94 valence electrons. The summed E-state index contributed by atoms with van der Waals surface area (Å²) in [7, 11) is 0. The normalized spacial score (nSPS) is 10.7. The van der Waals surface area contributed by atoms with Gasteiger partial charge in [-0.15, -0.1) is 0 Å². The van der Waals surface area contributed by atoms with Gasteiger partial charge in [0.25, 0.3) is 0 Å². The fourth-order valence-electron chi connectivity index (χ4n) is 1.95. The topological polar surface area (TPSA) is 26.0 Å². The van der Waals surface area contributed by atoms with E-state index >= 15 is 0 Å². The third-order valence-corrected chi connectivity index (χ3v) is 3.10. The first kappa shape index (κ1) is 13.3. The molecule has 0 unspecified atom stereocenters. The van der Waals surface area contributed by atoms with E-state index in [1.165, 1.54) is 6.07 Å². The lowest BCUT2D eigenvalue weighted by atomic mass is 9.97. The summed E-state index contributed by atoms with van der Waals surface area (Å²) < 4.78 is 14.0. The molecule has 0 atom stereocenters. The van der Waals surface area contributed by atoms with E-state index in [1.807, 2.05) is 6.07 Å². The van der Waals surface area contributed by atoms with E-state index in [9.17, 15) is 4.39 Å². The molecule has 0 saturated heterocycles. The maximum absolute atomic E-state index is 14.0. The van der Waals surface area contributed by atoms with Gasteiger partial charge in [0, 0.05) is 15.6 Å². The highest BCUT2D eigenvalue weighted by Gasteiger charge is 2.11. The Morgan fingerprint density at radius 2 is 1.72 bits per heavy atom. The number of benzene rings is 2. The van der Waals surface area contributed by atoms with Gasteiger partial charge in [-0.25, -0.2) is 4.39 Å². The summed E-state index contributed by atoms with van der Waals surface area (Å²) in [5.41, 5.74) is 7.60. The van der Waals surface area contributed by atoms with Crippen LogP contribution in [0.25, 0.3) is 11.1 Å². The average Bonchev–Trinajstić information content (AvgIpc) is 2.28. The Hall–Kier alpha value is -1.09. The summed E-state index contributed by atoms with van der Waals surface area (Å²) in [4.78, 5) is 0. The number of nitrogens with two attached hydrogens (primary N) is 1. The van der Waals surface area contributed by atoms with Crippen LogP contribution >= 0.6 is 23.2 Å². The second-order valence-corrected chi connectivity index (χ2v) is 4.84. The standard InChI is InChI=1S/C14H12Cl2FN/c15-11-6-10(7-12(16)8-11)14-9(4-5-18)2-1-3-13(14)17/h1-3,6-8H,4-5,18H2. The minimum Gasteiger partial charge on any atom is -0.330 e. The van der Waals surface area contributed by atoms with E-state index in [1.54, 1.807) is 24.3 Å². The van der Waals surface area contributed by atoms with E-state index in [2.05, 4.69) is 0 Å². The average molecular weight is 284 g/mol. The van der Waals surface area contributed by atoms with Crippen LogP contribution in [0.5, 0.6) is 0 Å². The minimum absolute atomic E-state index is 0.292. The van der Waals surface area contributed by atoms with Crippen LogP contribution in [-0.4, -0.2) is 6.54 Å². The summed E-state index contributed by atoms with van der Waals surface area (Å²) >= 11 is 11.9. The molecule has 0 fully saturated rings. The van der Waals surface area contributed by atoms with Gasteiger partial charge in [-0.05, 0) is 48.4 Å². The molecule has 0 spiro atoms. The monoisotopic (exact) mass is 283 g/mol. The first-order valence-corrected chi connectivity index (χ1v) is 6.31. The largest absolute Gasteiger partial charge is 0.330 e. The Kier molecular flexibility index (Phi) is 4.23. The molecule has 18 heavy (non-hydrogen) atoms. The van der Waals surface area contributed by atoms with Crippen LogP contribution < -0.4 is 5.73 Å². The maximum atomic E-state index is 14.0. The molecule has 0 amide bonds. The molecule has 0 bridgehead atoms. The predicted octanol–water partition coefficient (Wildman–Crippen LogP) is 4.30. The fraction of sp³-hybridized carbons (Fsp3) is 0.143. The highest BCUT2D eigenvalue weighted by atomic mass is 35.5. The van der Waals surface area contributed by atoms with Gasteiger partial charge in [-0.1, -0.05) is 35.3 Å². The molecule has 0 radical (unpaired) electrons. The number of halogens is 3. The molecule has 4 heteroatoms. The van der Waals surface area contributed by atoms with Crippen molar-refractivity contribution in [3.8, 4) is 11.1 Å². The van der Waals surface area contributed by atoms with E-state index < -0.39 is 0 Å². The van der Waals surface area contributed by atoms with Crippen molar-refractivity contribution in [2.24, 2.45) is 5.73 Å². The first-order chi connectivity index (χ1) is 8.61. The highest BCUT2D eigenvalue weighted by molar-refractivity contribution is 6.35. The van der Waals surface area contributed by atoms with E-state index in [0.717, 1.165) is 5.56 Å². The molecule has 0 saturated carbocycles. The van der Waals surface area contributed by atoms with Gasteiger partial charge in [0.15, 0.2) is 0 Å². The van der Waals surface area contributed by atoms with Crippen molar-refractivity contribution < 1.29 is 4.39 Å². The molecule has 2 aromatic carbocycles. The van der Waals surface area contributed by atoms with Gasteiger partial charge >= 0.3 is 0 Å². The van der Waals surface area contributed by atoms with Crippen LogP contribution in [0.3, 0.4) is 0 Å². The molecule has 1 nitrogen and oxygen atoms in total. The maximum Gasteiger partial charge on any atom is 0.131 e. The van der Waals surface area contributed by atoms with E-state index in [-0.39, 0.29) is 5.82 Å². The second-order valence-electron chi connectivity index (χ2n) is 3.97. The summed E-state index contributed by atoms with van der Waals surface area (Å²) in [6, 6.07) is 9.98. The quantitative estimate of drug-likeness (QED) is 0.893. The molecule has 0 aliphatic carbocycles. The van der Waals surface area contributed by atoms with Crippen molar-refractivity contribution in [2.75, 3.05) is 6.54 Å². The highest BCUT2D eigenvalue weighted by Crippen LogP contribution is 2.31. The van der Waals surface area contributed by atoms with Crippen LogP contribution in [0.15, 0.2) is 36.4 Å². The number of hydrogen-bond acceptors (Lipinski definition) is 1. The predicted molar refractivity (Wildman–Crippen MR) is 74.6 cm³/mol. The van der Waals surface area contributed by atoms with Crippen LogP contribution in [0.4, 0.5) is 4.39 Å². The molecule has 2 N–H and O–H groups in total. The molecule has 0 aliphatic heterocycles. The summed E-state index contributed by atoms with van der Waals surface area (Å²) in [5.74, 6) is -0.292. The van der Waals surface area contributed by atoms with Gasteiger partial charge in [0.1, 0.15) is 5.82 Å². The smallest absolute Gasteiger partial charge is 0.131 e. The second kappa shape index (κ2) is 5.70. The van der Waals surface area contributed by atoms with Gasteiger partial charge in [0.2, 0.25) is 0 Å². The van der Waals surface area contributed by atoms with E-state index in [0.29, 0.717) is 34.1 Å². The third-order valence-electron chi connectivity index (χ3n) is 2.66. The van der Waals surface area contributed by atoms with Crippen molar-refractivity contribution in [3.05, 3.63) is 57.8 Å². The Balaban J connectivity index is 2.61. The SMILES string of the molecule is NCCc1cccc(F)c1-c1cc(Cl)cc(Cl)c1. The fourth-order valence-corrected chi connectivity index (χ4v) is 2.48. The molecule has 0 aliphatic rings. The zero-order valence-electron chi connectivity index (χ0n) is 9.59. The van der Waals surface area contributed by atoms with Gasteiger partial charge in [-0.3, -0.25) is 0 Å². The van der Waals surface area contributed by atoms with E-state index in [4.69, 9.17) is 28.9 Å². The Labute approximate surface area is 115 Å². The minimum atomic E-state index is -0.292. The summed E-state index contributed by atoms with van der Waals surface area (Å²) in [5, 5.41) is 0.971. The van der Waals surface area contributed by atoms with Crippen molar-refractivity contribution in [2.45, 2.75) is 6.42 Å². The lowest BCUT2D eigenvalue weighted by Crippen LogP contribution is -2.05. The first-order valence-electron chi connectivity index (χ1n) is 5.55. The summed E-state index contributed by atoms with van der Waals surface area (Å²) in [6.07, 6.45) is 0.608. The Morgan fingerprint density at radius 1 is 1.06 bits per heavy atom. The Bertz CT molecular complexity index is 549. The van der Waals surface area contributed by atoms with Crippen molar-refractivity contribution in [1.29, 1.82) is 0 Å². The summed E-state index contributed by atoms with van der Waals surface area (Å²) in [6.45, 7) is 0.463. The van der Waals surface area contributed by atoms with Crippen LogP contribution in [-0.2, 0) is 6.42 Å². The van der Waals surface area contributed by atoms with Gasteiger partial charge in [0.05, 0.1) is 0 Å². The number of rotatable bonds is 3. The molecule has 2 rings (SSSR count).